The SMILES string of the molecule is Clc1cccc2c1CCC1(CCN(c3cnc(Br)cn3)CC1)O2. The zero-order valence-electron chi connectivity index (χ0n) is 12.6. The quantitative estimate of drug-likeness (QED) is 0.724. The number of rotatable bonds is 1. The van der Waals surface area contributed by atoms with Gasteiger partial charge in [-0.25, -0.2) is 9.97 Å². The fourth-order valence-electron chi connectivity index (χ4n) is 3.48. The Morgan fingerprint density at radius 3 is 2.70 bits per heavy atom. The number of fused-ring (bicyclic) bond motifs is 1. The number of hydrogen-bond donors (Lipinski definition) is 0. The van der Waals surface area contributed by atoms with E-state index >= 15 is 0 Å². The van der Waals surface area contributed by atoms with E-state index in [0.29, 0.717) is 0 Å². The maximum Gasteiger partial charge on any atom is 0.147 e. The van der Waals surface area contributed by atoms with Crippen molar-refractivity contribution < 1.29 is 4.74 Å². The van der Waals surface area contributed by atoms with Crippen LogP contribution in [0.4, 0.5) is 5.82 Å². The standard InChI is InChI=1S/C17H17BrClN3O/c18-15-10-21-16(11-20-15)22-8-6-17(7-9-22)5-4-12-13(19)2-1-3-14(12)23-17/h1-3,10-11H,4-9H2. The molecule has 1 spiro atoms. The van der Waals surface area contributed by atoms with Crippen LogP contribution in [0.3, 0.4) is 0 Å². The zero-order valence-corrected chi connectivity index (χ0v) is 15.0. The maximum atomic E-state index is 6.39. The van der Waals surface area contributed by atoms with Crippen LogP contribution in [0.1, 0.15) is 24.8 Å². The molecular formula is C17H17BrClN3O. The van der Waals surface area contributed by atoms with Gasteiger partial charge in [0.15, 0.2) is 0 Å². The van der Waals surface area contributed by atoms with Gasteiger partial charge in [0.2, 0.25) is 0 Å². The van der Waals surface area contributed by atoms with E-state index in [1.54, 1.807) is 6.20 Å². The molecule has 120 valence electrons. The molecule has 4 rings (SSSR count). The second-order valence-electron chi connectivity index (χ2n) is 6.19. The fourth-order valence-corrected chi connectivity index (χ4v) is 3.94. The van der Waals surface area contributed by atoms with Gasteiger partial charge in [-0.3, -0.25) is 0 Å². The molecule has 0 bridgehead atoms. The predicted octanol–water partition coefficient (Wildman–Crippen LogP) is 4.26. The third-order valence-electron chi connectivity index (χ3n) is 4.84. The van der Waals surface area contributed by atoms with Crippen LogP contribution >= 0.6 is 27.5 Å². The first-order valence-electron chi connectivity index (χ1n) is 7.84. The summed E-state index contributed by atoms with van der Waals surface area (Å²) < 4.78 is 7.15. The Balaban J connectivity index is 1.48. The van der Waals surface area contributed by atoms with Crippen molar-refractivity contribution in [3.8, 4) is 5.75 Å². The molecule has 0 aliphatic carbocycles. The zero-order chi connectivity index (χ0) is 15.9. The predicted molar refractivity (Wildman–Crippen MR) is 94.3 cm³/mol. The van der Waals surface area contributed by atoms with Crippen LogP contribution in [0.15, 0.2) is 35.2 Å². The lowest BCUT2D eigenvalue weighted by atomic mass is 9.83. The van der Waals surface area contributed by atoms with Crippen LogP contribution in [-0.2, 0) is 6.42 Å². The van der Waals surface area contributed by atoms with E-state index in [1.807, 2.05) is 24.4 Å². The van der Waals surface area contributed by atoms with E-state index in [1.165, 1.54) is 0 Å². The van der Waals surface area contributed by atoms with Crippen molar-refractivity contribution in [3.63, 3.8) is 0 Å². The topological polar surface area (TPSA) is 38.2 Å². The highest BCUT2D eigenvalue weighted by atomic mass is 79.9. The van der Waals surface area contributed by atoms with Crippen molar-refractivity contribution in [3.05, 3.63) is 45.8 Å². The molecule has 4 nitrogen and oxygen atoms in total. The van der Waals surface area contributed by atoms with Gasteiger partial charge in [0.1, 0.15) is 21.8 Å². The molecule has 0 atom stereocenters. The molecule has 3 heterocycles. The Morgan fingerprint density at radius 2 is 1.96 bits per heavy atom. The van der Waals surface area contributed by atoms with Gasteiger partial charge in [-0.2, -0.15) is 0 Å². The first-order valence-corrected chi connectivity index (χ1v) is 9.01. The summed E-state index contributed by atoms with van der Waals surface area (Å²) in [5.74, 6) is 1.89. The lowest BCUT2D eigenvalue weighted by Gasteiger charge is -2.45. The third-order valence-corrected chi connectivity index (χ3v) is 5.60. The van der Waals surface area contributed by atoms with Crippen molar-refractivity contribution in [2.45, 2.75) is 31.3 Å². The molecule has 2 aliphatic rings. The molecule has 0 amide bonds. The number of piperidine rings is 1. The molecule has 6 heteroatoms. The normalized spacial score (nSPS) is 19.3. The molecule has 1 saturated heterocycles. The number of halogens is 2. The molecule has 2 aromatic rings. The molecule has 0 saturated carbocycles. The summed E-state index contributed by atoms with van der Waals surface area (Å²) in [5, 5.41) is 0.819. The largest absolute Gasteiger partial charge is 0.487 e. The summed E-state index contributed by atoms with van der Waals surface area (Å²) in [6, 6.07) is 5.94. The van der Waals surface area contributed by atoms with Gasteiger partial charge in [-0.1, -0.05) is 17.7 Å². The third kappa shape index (κ3) is 2.92. The van der Waals surface area contributed by atoms with Gasteiger partial charge in [-0.15, -0.1) is 0 Å². The van der Waals surface area contributed by atoms with E-state index < -0.39 is 0 Å². The highest BCUT2D eigenvalue weighted by Gasteiger charge is 2.40. The van der Waals surface area contributed by atoms with E-state index in [-0.39, 0.29) is 5.60 Å². The fraction of sp³-hybridized carbons (Fsp3) is 0.412. The minimum absolute atomic E-state index is 0.0586. The lowest BCUT2D eigenvalue weighted by molar-refractivity contribution is 0.0225. The number of aromatic nitrogens is 2. The van der Waals surface area contributed by atoms with Gasteiger partial charge in [0.25, 0.3) is 0 Å². The van der Waals surface area contributed by atoms with Crippen molar-refractivity contribution in [1.29, 1.82) is 0 Å². The highest BCUT2D eigenvalue weighted by molar-refractivity contribution is 9.10. The summed E-state index contributed by atoms with van der Waals surface area (Å²) in [6.07, 6.45) is 7.58. The summed E-state index contributed by atoms with van der Waals surface area (Å²) >= 11 is 9.60. The average molecular weight is 395 g/mol. The first-order chi connectivity index (χ1) is 11.2. The van der Waals surface area contributed by atoms with Crippen molar-refractivity contribution in [1.82, 2.24) is 9.97 Å². The Labute approximate surface area is 149 Å². The highest BCUT2D eigenvalue weighted by Crippen LogP contribution is 2.42. The molecule has 0 radical (unpaired) electrons. The number of anilines is 1. The van der Waals surface area contributed by atoms with Gasteiger partial charge in [-0.05, 0) is 40.9 Å². The molecule has 1 aromatic carbocycles. The second kappa shape index (κ2) is 5.95. The molecule has 0 unspecified atom stereocenters. The smallest absolute Gasteiger partial charge is 0.147 e. The summed E-state index contributed by atoms with van der Waals surface area (Å²) in [6.45, 7) is 1.87. The molecule has 23 heavy (non-hydrogen) atoms. The monoisotopic (exact) mass is 393 g/mol. The van der Waals surface area contributed by atoms with Crippen LogP contribution in [0.2, 0.25) is 5.02 Å². The van der Waals surface area contributed by atoms with Crippen molar-refractivity contribution >= 4 is 33.3 Å². The number of nitrogens with zero attached hydrogens (tertiary/aromatic N) is 3. The molecule has 1 fully saturated rings. The van der Waals surface area contributed by atoms with Crippen molar-refractivity contribution in [2.75, 3.05) is 18.0 Å². The molecule has 2 aliphatic heterocycles. The van der Waals surface area contributed by atoms with Crippen molar-refractivity contribution in [2.24, 2.45) is 0 Å². The van der Waals surface area contributed by atoms with Crippen LogP contribution in [-0.4, -0.2) is 28.7 Å². The Bertz CT molecular complexity index is 714. The van der Waals surface area contributed by atoms with Gasteiger partial charge >= 0.3 is 0 Å². The average Bonchev–Trinajstić information content (AvgIpc) is 2.57. The molecule has 0 N–H and O–H groups in total. The van der Waals surface area contributed by atoms with Crippen LogP contribution in [0.25, 0.3) is 0 Å². The molecule has 1 aromatic heterocycles. The first kappa shape index (κ1) is 15.2. The summed E-state index contributed by atoms with van der Waals surface area (Å²) in [5.41, 5.74) is 1.10. The van der Waals surface area contributed by atoms with Crippen LogP contribution < -0.4 is 9.64 Å². The van der Waals surface area contributed by atoms with Crippen LogP contribution in [0, 0.1) is 0 Å². The Kier molecular flexibility index (Phi) is 3.93. The van der Waals surface area contributed by atoms with E-state index in [4.69, 9.17) is 16.3 Å². The number of ether oxygens (including phenoxy) is 1. The molecular weight excluding hydrogens is 378 g/mol. The Hall–Kier alpha value is -1.33. The second-order valence-corrected chi connectivity index (χ2v) is 7.41. The van der Waals surface area contributed by atoms with Crippen LogP contribution in [0.5, 0.6) is 5.75 Å². The summed E-state index contributed by atoms with van der Waals surface area (Å²) in [7, 11) is 0. The number of benzene rings is 1. The van der Waals surface area contributed by atoms with Gasteiger partial charge in [0, 0.05) is 36.5 Å². The van der Waals surface area contributed by atoms with E-state index in [9.17, 15) is 0 Å². The maximum absolute atomic E-state index is 6.39. The van der Waals surface area contributed by atoms with E-state index in [0.717, 1.165) is 65.5 Å². The Morgan fingerprint density at radius 1 is 1.13 bits per heavy atom. The summed E-state index contributed by atoms with van der Waals surface area (Å²) in [4.78, 5) is 11.0. The van der Waals surface area contributed by atoms with E-state index in [2.05, 4.69) is 30.8 Å². The lowest BCUT2D eigenvalue weighted by Crippen LogP contribution is -2.50. The number of hydrogen-bond acceptors (Lipinski definition) is 4. The van der Waals surface area contributed by atoms with Gasteiger partial charge < -0.3 is 9.64 Å². The minimum atomic E-state index is -0.0586. The van der Waals surface area contributed by atoms with Gasteiger partial charge in [0.05, 0.1) is 12.4 Å². The minimum Gasteiger partial charge on any atom is -0.487 e.